The monoisotopic (exact) mass is 317 g/mol. The highest BCUT2D eigenvalue weighted by Gasteiger charge is 2.32. The summed E-state index contributed by atoms with van der Waals surface area (Å²) in [5.41, 5.74) is 7.07. The van der Waals surface area contributed by atoms with Crippen molar-refractivity contribution in [2.24, 2.45) is 11.7 Å². The molecular weight excluding hydrogens is 290 g/mol. The maximum Gasteiger partial charge on any atom is 0.225 e. The van der Waals surface area contributed by atoms with Gasteiger partial charge >= 0.3 is 0 Å². The molecule has 1 saturated carbocycles. The van der Waals surface area contributed by atoms with Gasteiger partial charge in [-0.3, -0.25) is 4.79 Å². The average molecular weight is 317 g/mol. The van der Waals surface area contributed by atoms with Crippen molar-refractivity contribution in [2.75, 3.05) is 37.7 Å². The summed E-state index contributed by atoms with van der Waals surface area (Å²) in [6.07, 6.45) is 2.79. The first-order valence-corrected chi connectivity index (χ1v) is 8.70. The van der Waals surface area contributed by atoms with E-state index in [4.69, 9.17) is 10.5 Å². The number of carbonyl (C=O) groups excluding carboxylic acids is 1. The number of anilines is 1. The van der Waals surface area contributed by atoms with Gasteiger partial charge < -0.3 is 20.3 Å². The number of amides is 1. The Kier molecular flexibility index (Phi) is 5.06. The number of nitrogens with two attached hydrogens (primary N) is 1. The van der Waals surface area contributed by atoms with Gasteiger partial charge in [-0.1, -0.05) is 12.1 Å². The van der Waals surface area contributed by atoms with Crippen LogP contribution in [0.4, 0.5) is 5.69 Å². The summed E-state index contributed by atoms with van der Waals surface area (Å²) in [7, 11) is 0. The number of rotatable bonds is 4. The second-order valence-electron chi connectivity index (χ2n) is 6.48. The summed E-state index contributed by atoms with van der Waals surface area (Å²) in [4.78, 5) is 16.9. The molecule has 1 heterocycles. The Morgan fingerprint density at radius 2 is 1.96 bits per heavy atom. The lowest BCUT2D eigenvalue weighted by atomic mass is 10.1. The zero-order valence-electron chi connectivity index (χ0n) is 13.9. The molecule has 0 aromatic heterocycles. The van der Waals surface area contributed by atoms with Crippen LogP contribution in [0.5, 0.6) is 5.75 Å². The predicted molar refractivity (Wildman–Crippen MR) is 91.7 cm³/mol. The van der Waals surface area contributed by atoms with Gasteiger partial charge in [-0.15, -0.1) is 0 Å². The van der Waals surface area contributed by atoms with Crippen molar-refractivity contribution in [1.29, 1.82) is 0 Å². The van der Waals surface area contributed by atoms with Gasteiger partial charge in [0.2, 0.25) is 5.91 Å². The topological polar surface area (TPSA) is 58.8 Å². The van der Waals surface area contributed by atoms with E-state index in [9.17, 15) is 4.79 Å². The maximum absolute atomic E-state index is 12.6. The lowest BCUT2D eigenvalue weighted by Crippen LogP contribution is -2.50. The van der Waals surface area contributed by atoms with E-state index in [-0.39, 0.29) is 12.0 Å². The van der Waals surface area contributed by atoms with E-state index in [1.165, 1.54) is 0 Å². The molecule has 1 amide bonds. The van der Waals surface area contributed by atoms with Gasteiger partial charge in [-0.05, 0) is 38.3 Å². The summed E-state index contributed by atoms with van der Waals surface area (Å²) in [6.45, 7) is 5.94. The Balaban J connectivity index is 1.59. The van der Waals surface area contributed by atoms with Crippen LogP contribution in [0.2, 0.25) is 0 Å². The highest BCUT2D eigenvalue weighted by Crippen LogP contribution is 2.30. The second kappa shape index (κ2) is 7.21. The van der Waals surface area contributed by atoms with Gasteiger partial charge in [-0.25, -0.2) is 0 Å². The van der Waals surface area contributed by atoms with Crippen LogP contribution in [0.3, 0.4) is 0 Å². The van der Waals surface area contributed by atoms with Gasteiger partial charge in [0, 0.05) is 38.1 Å². The third-order valence-corrected chi connectivity index (χ3v) is 4.92. The van der Waals surface area contributed by atoms with E-state index in [1.807, 2.05) is 30.0 Å². The number of para-hydroxylation sites is 2. The van der Waals surface area contributed by atoms with Crippen LogP contribution in [-0.2, 0) is 4.79 Å². The molecule has 1 aromatic rings. The fourth-order valence-corrected chi connectivity index (χ4v) is 3.66. The average Bonchev–Trinajstić information content (AvgIpc) is 3.02. The Bertz CT molecular complexity index is 541. The fourth-order valence-electron chi connectivity index (χ4n) is 3.66. The molecule has 1 saturated heterocycles. The van der Waals surface area contributed by atoms with Crippen molar-refractivity contribution in [3.05, 3.63) is 24.3 Å². The van der Waals surface area contributed by atoms with Crippen LogP contribution in [0, 0.1) is 5.92 Å². The summed E-state index contributed by atoms with van der Waals surface area (Å²) < 4.78 is 5.72. The van der Waals surface area contributed by atoms with Crippen molar-refractivity contribution in [1.82, 2.24) is 4.90 Å². The molecule has 2 fully saturated rings. The Morgan fingerprint density at radius 1 is 1.22 bits per heavy atom. The molecule has 3 rings (SSSR count). The van der Waals surface area contributed by atoms with Crippen LogP contribution in [0.15, 0.2) is 24.3 Å². The van der Waals surface area contributed by atoms with Gasteiger partial charge in [0.05, 0.1) is 12.3 Å². The summed E-state index contributed by atoms with van der Waals surface area (Å²) >= 11 is 0. The molecule has 23 heavy (non-hydrogen) atoms. The number of hydrogen-bond acceptors (Lipinski definition) is 4. The van der Waals surface area contributed by atoms with Crippen molar-refractivity contribution < 1.29 is 9.53 Å². The van der Waals surface area contributed by atoms with Gasteiger partial charge in [-0.2, -0.15) is 0 Å². The molecule has 0 bridgehead atoms. The van der Waals surface area contributed by atoms with E-state index in [1.54, 1.807) is 0 Å². The van der Waals surface area contributed by atoms with Crippen LogP contribution in [-0.4, -0.2) is 49.6 Å². The van der Waals surface area contributed by atoms with Gasteiger partial charge in [0.15, 0.2) is 0 Å². The first-order chi connectivity index (χ1) is 11.2. The third-order valence-electron chi connectivity index (χ3n) is 4.92. The number of nitrogens with zero attached hydrogens (tertiary/aromatic N) is 2. The van der Waals surface area contributed by atoms with Crippen LogP contribution >= 0.6 is 0 Å². The minimum atomic E-state index is 0.146. The SMILES string of the molecule is CCOc1ccccc1N1CCN(C(=O)[C@H]2CC[C@H](N)C2)CC1. The van der Waals surface area contributed by atoms with E-state index < -0.39 is 0 Å². The Hall–Kier alpha value is -1.75. The highest BCUT2D eigenvalue weighted by atomic mass is 16.5. The molecule has 5 nitrogen and oxygen atoms in total. The molecule has 2 aliphatic rings. The standard InChI is InChI=1S/C18H27N3O2/c1-2-23-17-6-4-3-5-16(17)20-9-11-21(12-10-20)18(22)14-7-8-15(19)13-14/h3-6,14-15H,2,7-13,19H2,1H3/t14-,15-/m0/s1. The number of carbonyl (C=O) groups is 1. The summed E-state index contributed by atoms with van der Waals surface area (Å²) in [5, 5.41) is 0. The largest absolute Gasteiger partial charge is 0.492 e. The quantitative estimate of drug-likeness (QED) is 0.921. The first-order valence-electron chi connectivity index (χ1n) is 8.70. The minimum Gasteiger partial charge on any atom is -0.492 e. The van der Waals surface area contributed by atoms with E-state index in [0.29, 0.717) is 12.5 Å². The lowest BCUT2D eigenvalue weighted by Gasteiger charge is -2.37. The van der Waals surface area contributed by atoms with Crippen LogP contribution < -0.4 is 15.4 Å². The minimum absolute atomic E-state index is 0.146. The predicted octanol–water partition coefficient (Wildman–Crippen LogP) is 1.86. The lowest BCUT2D eigenvalue weighted by molar-refractivity contribution is -0.135. The smallest absolute Gasteiger partial charge is 0.225 e. The molecule has 0 spiro atoms. The van der Waals surface area contributed by atoms with Crippen LogP contribution in [0.25, 0.3) is 0 Å². The molecule has 5 heteroatoms. The van der Waals surface area contributed by atoms with Gasteiger partial charge in [0.1, 0.15) is 5.75 Å². The van der Waals surface area contributed by atoms with E-state index >= 15 is 0 Å². The van der Waals surface area contributed by atoms with E-state index in [2.05, 4.69) is 11.0 Å². The zero-order valence-corrected chi connectivity index (χ0v) is 13.9. The summed E-state index contributed by atoms with van der Waals surface area (Å²) in [6, 6.07) is 8.35. The van der Waals surface area contributed by atoms with Crippen molar-refractivity contribution in [3.8, 4) is 5.75 Å². The number of hydrogen-bond donors (Lipinski definition) is 1. The maximum atomic E-state index is 12.6. The zero-order chi connectivity index (χ0) is 16.2. The molecule has 1 aromatic carbocycles. The summed E-state index contributed by atoms with van der Waals surface area (Å²) in [5.74, 6) is 1.37. The molecule has 0 radical (unpaired) electrons. The van der Waals surface area contributed by atoms with Gasteiger partial charge in [0.25, 0.3) is 0 Å². The third kappa shape index (κ3) is 3.61. The normalized spacial score (nSPS) is 24.8. The molecule has 1 aliphatic carbocycles. The van der Waals surface area contributed by atoms with Crippen molar-refractivity contribution in [3.63, 3.8) is 0 Å². The molecule has 2 atom stereocenters. The number of ether oxygens (including phenoxy) is 1. The molecule has 1 aliphatic heterocycles. The fraction of sp³-hybridized carbons (Fsp3) is 0.611. The first kappa shape index (κ1) is 16.1. The second-order valence-corrected chi connectivity index (χ2v) is 6.48. The number of piperazine rings is 1. The Labute approximate surface area is 138 Å². The molecular formula is C18H27N3O2. The molecule has 0 unspecified atom stereocenters. The van der Waals surface area contributed by atoms with Crippen molar-refractivity contribution in [2.45, 2.75) is 32.2 Å². The highest BCUT2D eigenvalue weighted by molar-refractivity contribution is 5.79. The number of benzene rings is 1. The van der Waals surface area contributed by atoms with E-state index in [0.717, 1.165) is 56.9 Å². The molecule has 126 valence electrons. The Morgan fingerprint density at radius 3 is 2.61 bits per heavy atom. The molecule has 2 N–H and O–H groups in total. The van der Waals surface area contributed by atoms with Crippen molar-refractivity contribution >= 4 is 11.6 Å². The van der Waals surface area contributed by atoms with Crippen LogP contribution in [0.1, 0.15) is 26.2 Å².